The van der Waals surface area contributed by atoms with Crippen LogP contribution in [0.3, 0.4) is 0 Å². The highest BCUT2D eigenvalue weighted by Crippen LogP contribution is 2.46. The summed E-state index contributed by atoms with van der Waals surface area (Å²) in [6.07, 6.45) is -5.60. The smallest absolute Gasteiger partial charge is 0.424 e. The normalized spacial score (nSPS) is 28.8. The van der Waals surface area contributed by atoms with Crippen molar-refractivity contribution in [2.75, 3.05) is 13.1 Å². The van der Waals surface area contributed by atoms with Crippen molar-refractivity contribution in [3.8, 4) is 11.5 Å². The summed E-state index contributed by atoms with van der Waals surface area (Å²) in [6, 6.07) is 2.84. The van der Waals surface area contributed by atoms with E-state index in [0.717, 1.165) is 0 Å². The number of nitrogens with one attached hydrogen (secondary N) is 1. The van der Waals surface area contributed by atoms with E-state index in [0.29, 0.717) is 0 Å². The molecule has 2 heterocycles. The standard InChI is InChI=1S/C15H16ClF3N2O4/c1-8-6-21(7-9(2)23-8)13(22)20-15(14(17,18)19)24-11-4-3-10(16)5-12(11)25-15/h3-5,8-9H,6-7H2,1-2H3,(H,20,22). The van der Waals surface area contributed by atoms with Crippen LogP contribution in [0.2, 0.25) is 5.02 Å². The molecule has 0 aromatic heterocycles. The van der Waals surface area contributed by atoms with E-state index in [2.05, 4.69) is 0 Å². The highest BCUT2D eigenvalue weighted by Gasteiger charge is 2.66. The molecule has 1 aromatic rings. The molecule has 0 aliphatic carbocycles. The maximum absolute atomic E-state index is 13.6. The molecular formula is C15H16ClF3N2O4. The van der Waals surface area contributed by atoms with Crippen molar-refractivity contribution >= 4 is 17.6 Å². The fourth-order valence-corrected chi connectivity index (χ4v) is 2.94. The Morgan fingerprint density at radius 2 is 1.84 bits per heavy atom. The predicted octanol–water partition coefficient (Wildman–Crippen LogP) is 3.15. The summed E-state index contributed by atoms with van der Waals surface area (Å²) in [7, 11) is 0. The first-order valence-corrected chi connectivity index (χ1v) is 7.94. The molecule has 1 fully saturated rings. The Morgan fingerprint density at radius 3 is 2.44 bits per heavy atom. The van der Waals surface area contributed by atoms with Gasteiger partial charge in [-0.25, -0.2) is 4.79 Å². The molecule has 1 N–H and O–H groups in total. The van der Waals surface area contributed by atoms with Crippen molar-refractivity contribution in [2.45, 2.75) is 38.1 Å². The summed E-state index contributed by atoms with van der Waals surface area (Å²) in [5.41, 5.74) is 0. The molecule has 1 saturated heterocycles. The molecule has 2 aliphatic rings. The third-order valence-electron chi connectivity index (χ3n) is 3.76. The first-order chi connectivity index (χ1) is 11.6. The quantitative estimate of drug-likeness (QED) is 0.813. The SMILES string of the molecule is CC1CN(C(=O)NC2(C(F)(F)F)Oc3ccc(Cl)cc3O2)CC(C)O1. The zero-order valence-corrected chi connectivity index (χ0v) is 14.1. The molecule has 25 heavy (non-hydrogen) atoms. The predicted molar refractivity (Wildman–Crippen MR) is 81.6 cm³/mol. The summed E-state index contributed by atoms with van der Waals surface area (Å²) in [6.45, 7) is 3.78. The first kappa shape index (κ1) is 17.9. The van der Waals surface area contributed by atoms with Crippen LogP contribution >= 0.6 is 11.6 Å². The zero-order chi connectivity index (χ0) is 18.4. The Kier molecular flexibility index (Phi) is 4.40. The van der Waals surface area contributed by atoms with E-state index in [1.165, 1.54) is 23.1 Å². The zero-order valence-electron chi connectivity index (χ0n) is 13.4. The number of carbonyl (C=O) groups excluding carboxylic acids is 1. The van der Waals surface area contributed by atoms with Crippen LogP contribution in [-0.4, -0.2) is 48.3 Å². The van der Waals surface area contributed by atoms with Gasteiger partial charge in [0.15, 0.2) is 11.5 Å². The maximum Gasteiger partial charge on any atom is 0.492 e. The lowest BCUT2D eigenvalue weighted by atomic mass is 10.2. The minimum Gasteiger partial charge on any atom is -0.424 e. The Labute approximate surface area is 146 Å². The van der Waals surface area contributed by atoms with Crippen LogP contribution < -0.4 is 14.8 Å². The van der Waals surface area contributed by atoms with Crippen LogP contribution in [0.1, 0.15) is 13.8 Å². The van der Waals surface area contributed by atoms with Crippen LogP contribution in [0.4, 0.5) is 18.0 Å². The van der Waals surface area contributed by atoms with Crippen LogP contribution in [0.5, 0.6) is 11.5 Å². The first-order valence-electron chi connectivity index (χ1n) is 7.56. The summed E-state index contributed by atoms with van der Waals surface area (Å²) in [4.78, 5) is 13.6. The number of urea groups is 1. The van der Waals surface area contributed by atoms with E-state index >= 15 is 0 Å². The Morgan fingerprint density at radius 1 is 1.24 bits per heavy atom. The molecule has 138 valence electrons. The number of morpholine rings is 1. The number of ether oxygens (including phenoxy) is 3. The molecular weight excluding hydrogens is 365 g/mol. The second-order valence-electron chi connectivity index (χ2n) is 6.00. The van der Waals surface area contributed by atoms with E-state index < -0.39 is 18.1 Å². The number of nitrogens with zero attached hydrogens (tertiary/aromatic N) is 1. The van der Waals surface area contributed by atoms with Gasteiger partial charge in [-0.3, -0.25) is 5.32 Å². The molecule has 2 aliphatic heterocycles. The number of halogens is 4. The molecule has 3 rings (SSSR count). The van der Waals surface area contributed by atoms with E-state index in [1.807, 2.05) is 5.32 Å². The van der Waals surface area contributed by atoms with Crippen molar-refractivity contribution in [3.63, 3.8) is 0 Å². The van der Waals surface area contributed by atoms with Gasteiger partial charge in [-0.15, -0.1) is 0 Å². The minimum absolute atomic E-state index is 0.156. The molecule has 0 radical (unpaired) electrons. The van der Waals surface area contributed by atoms with Gasteiger partial charge in [-0.2, -0.15) is 13.2 Å². The average Bonchev–Trinajstić information content (AvgIpc) is 2.84. The number of carbonyl (C=O) groups is 1. The molecule has 3 atom stereocenters. The number of hydrogen-bond acceptors (Lipinski definition) is 4. The number of fused-ring (bicyclic) bond motifs is 1. The van der Waals surface area contributed by atoms with Crippen LogP contribution in [0, 0.1) is 0 Å². The third kappa shape index (κ3) is 3.43. The number of benzene rings is 1. The molecule has 0 spiro atoms. The number of rotatable bonds is 1. The molecule has 6 nitrogen and oxygen atoms in total. The van der Waals surface area contributed by atoms with Gasteiger partial charge in [0.05, 0.1) is 12.2 Å². The highest BCUT2D eigenvalue weighted by molar-refractivity contribution is 6.30. The van der Waals surface area contributed by atoms with Gasteiger partial charge in [0.1, 0.15) is 0 Å². The largest absolute Gasteiger partial charge is 0.492 e. The lowest BCUT2D eigenvalue weighted by Crippen LogP contribution is -2.67. The van der Waals surface area contributed by atoms with Gasteiger partial charge in [-0.05, 0) is 26.0 Å². The fourth-order valence-electron chi connectivity index (χ4n) is 2.78. The number of amides is 2. The number of hydrogen-bond donors (Lipinski definition) is 1. The molecule has 3 unspecified atom stereocenters. The van der Waals surface area contributed by atoms with Gasteiger partial charge >= 0.3 is 18.1 Å². The summed E-state index contributed by atoms with van der Waals surface area (Å²) >= 11 is 5.76. The average molecular weight is 381 g/mol. The minimum atomic E-state index is -5.02. The van der Waals surface area contributed by atoms with Gasteiger partial charge in [-0.1, -0.05) is 11.6 Å². The second-order valence-corrected chi connectivity index (χ2v) is 6.44. The Hall–Kier alpha value is -1.87. The molecule has 10 heteroatoms. The second kappa shape index (κ2) is 6.14. The van der Waals surface area contributed by atoms with E-state index in [9.17, 15) is 18.0 Å². The Bertz CT molecular complexity index is 677. The van der Waals surface area contributed by atoms with Crippen molar-refractivity contribution in [2.24, 2.45) is 0 Å². The highest BCUT2D eigenvalue weighted by atomic mass is 35.5. The van der Waals surface area contributed by atoms with Gasteiger partial charge in [0.2, 0.25) is 0 Å². The van der Waals surface area contributed by atoms with Crippen LogP contribution in [0.15, 0.2) is 18.2 Å². The lowest BCUT2D eigenvalue weighted by Gasteiger charge is -2.37. The van der Waals surface area contributed by atoms with Crippen molar-refractivity contribution in [1.82, 2.24) is 10.2 Å². The monoisotopic (exact) mass is 380 g/mol. The number of alkyl halides is 3. The summed E-state index contributed by atoms with van der Waals surface area (Å²) < 4.78 is 56.2. The van der Waals surface area contributed by atoms with Gasteiger partial charge in [0, 0.05) is 24.2 Å². The lowest BCUT2D eigenvalue weighted by molar-refractivity contribution is -0.318. The fraction of sp³-hybridized carbons (Fsp3) is 0.533. The Balaban J connectivity index is 1.83. The van der Waals surface area contributed by atoms with E-state index in [-0.39, 0.29) is 41.8 Å². The summed E-state index contributed by atoms with van der Waals surface area (Å²) in [5.74, 6) is -3.67. The molecule has 0 bridgehead atoms. The third-order valence-corrected chi connectivity index (χ3v) is 4.00. The van der Waals surface area contributed by atoms with Crippen molar-refractivity contribution in [3.05, 3.63) is 23.2 Å². The molecule has 1 aromatic carbocycles. The molecule has 0 saturated carbocycles. The van der Waals surface area contributed by atoms with E-state index in [4.69, 9.17) is 25.8 Å². The maximum atomic E-state index is 13.6. The van der Waals surface area contributed by atoms with Gasteiger partial charge in [0.25, 0.3) is 0 Å². The topological polar surface area (TPSA) is 60.0 Å². The van der Waals surface area contributed by atoms with Crippen LogP contribution in [0.25, 0.3) is 0 Å². The van der Waals surface area contributed by atoms with E-state index in [1.54, 1.807) is 13.8 Å². The van der Waals surface area contributed by atoms with Crippen LogP contribution in [-0.2, 0) is 4.74 Å². The molecule has 2 amide bonds. The van der Waals surface area contributed by atoms with Gasteiger partial charge < -0.3 is 19.1 Å². The summed E-state index contributed by atoms with van der Waals surface area (Å²) in [5, 5.41) is 2.01. The van der Waals surface area contributed by atoms with Crippen molar-refractivity contribution in [1.29, 1.82) is 0 Å². The van der Waals surface area contributed by atoms with Crippen molar-refractivity contribution < 1.29 is 32.2 Å².